The third-order valence-electron chi connectivity index (χ3n) is 1.99. The maximum Gasteiger partial charge on any atom is 0.147 e. The Balaban J connectivity index is 2.35. The summed E-state index contributed by atoms with van der Waals surface area (Å²) in [6, 6.07) is 7.73. The number of para-hydroxylation sites is 1. The van der Waals surface area contributed by atoms with Crippen LogP contribution in [0.1, 0.15) is 0 Å². The van der Waals surface area contributed by atoms with E-state index in [1.54, 1.807) is 7.11 Å². The normalized spacial score (nSPS) is 10.3. The van der Waals surface area contributed by atoms with E-state index in [1.807, 2.05) is 24.3 Å². The Bertz CT molecular complexity index is 539. The fourth-order valence-corrected chi connectivity index (χ4v) is 2.74. The van der Waals surface area contributed by atoms with Crippen LogP contribution in [0.3, 0.4) is 0 Å². The van der Waals surface area contributed by atoms with Gasteiger partial charge in [-0.05, 0) is 28.1 Å². The number of aromatic nitrogens is 2. The minimum atomic E-state index is 0.400. The third-order valence-corrected chi connectivity index (χ3v) is 4.58. The summed E-state index contributed by atoms with van der Waals surface area (Å²) in [6.07, 6.45) is 1.44. The molecule has 6 heteroatoms. The molecular weight excluding hydrogens is 324 g/mol. The van der Waals surface area contributed by atoms with Crippen molar-refractivity contribution in [3.63, 3.8) is 0 Å². The number of rotatable bonds is 3. The topological polar surface area (TPSA) is 35.0 Å². The summed E-state index contributed by atoms with van der Waals surface area (Å²) in [4.78, 5) is 9.04. The van der Waals surface area contributed by atoms with Crippen LogP contribution in [0, 0.1) is 0 Å². The highest BCUT2D eigenvalue weighted by atomic mass is 79.9. The molecule has 0 aliphatic carbocycles. The monoisotopic (exact) mass is 330 g/mol. The maximum absolute atomic E-state index is 5.91. The van der Waals surface area contributed by atoms with Crippen LogP contribution in [0.15, 0.2) is 45.0 Å². The second-order valence-corrected chi connectivity index (χ2v) is 5.22. The molecule has 0 saturated heterocycles. The Morgan fingerprint density at radius 1 is 1.29 bits per heavy atom. The van der Waals surface area contributed by atoms with Gasteiger partial charge in [0.25, 0.3) is 0 Å². The average molecular weight is 332 g/mol. The largest absolute Gasteiger partial charge is 0.496 e. The summed E-state index contributed by atoms with van der Waals surface area (Å²) in [6.45, 7) is 0. The van der Waals surface area contributed by atoms with Crippen molar-refractivity contribution in [1.82, 2.24) is 9.97 Å². The highest BCUT2D eigenvalue weighted by Gasteiger charge is 2.11. The summed E-state index contributed by atoms with van der Waals surface area (Å²) >= 11 is 10.7. The summed E-state index contributed by atoms with van der Waals surface area (Å²) in [7, 11) is 1.64. The quantitative estimate of drug-likeness (QED) is 0.795. The number of nitrogens with zero attached hydrogens (tertiary/aromatic N) is 2. The van der Waals surface area contributed by atoms with Crippen LogP contribution in [-0.4, -0.2) is 17.1 Å². The molecule has 0 bridgehead atoms. The van der Waals surface area contributed by atoms with Crippen molar-refractivity contribution in [3.8, 4) is 5.75 Å². The van der Waals surface area contributed by atoms with Gasteiger partial charge in [0, 0.05) is 0 Å². The van der Waals surface area contributed by atoms with Crippen molar-refractivity contribution in [2.24, 2.45) is 0 Å². The minimum absolute atomic E-state index is 0.400. The third kappa shape index (κ3) is 2.91. The first-order chi connectivity index (χ1) is 8.22. The first-order valence-electron chi connectivity index (χ1n) is 4.69. The number of hydrogen-bond acceptors (Lipinski definition) is 4. The van der Waals surface area contributed by atoms with E-state index in [0.29, 0.717) is 9.63 Å². The Hall–Kier alpha value is -0.780. The van der Waals surface area contributed by atoms with Crippen molar-refractivity contribution >= 4 is 39.3 Å². The van der Waals surface area contributed by atoms with Crippen molar-refractivity contribution in [3.05, 3.63) is 40.2 Å². The average Bonchev–Trinajstić information content (AvgIpc) is 2.35. The molecular formula is C11H8BrClN2OS. The molecule has 1 heterocycles. The molecule has 0 spiro atoms. The van der Waals surface area contributed by atoms with Gasteiger partial charge in [0.15, 0.2) is 0 Å². The van der Waals surface area contributed by atoms with Crippen LogP contribution in [-0.2, 0) is 0 Å². The lowest BCUT2D eigenvalue weighted by Crippen LogP contribution is -1.89. The summed E-state index contributed by atoms with van der Waals surface area (Å²) in [5, 5.41) is 1.16. The fourth-order valence-electron chi connectivity index (χ4n) is 1.21. The van der Waals surface area contributed by atoms with E-state index < -0.39 is 0 Å². The van der Waals surface area contributed by atoms with E-state index in [-0.39, 0.29) is 0 Å². The van der Waals surface area contributed by atoms with E-state index in [0.717, 1.165) is 15.7 Å². The molecule has 2 rings (SSSR count). The van der Waals surface area contributed by atoms with Gasteiger partial charge >= 0.3 is 0 Å². The second kappa shape index (κ2) is 5.71. The van der Waals surface area contributed by atoms with Crippen LogP contribution in [0.5, 0.6) is 5.75 Å². The van der Waals surface area contributed by atoms with Gasteiger partial charge in [-0.15, -0.1) is 0 Å². The lowest BCUT2D eigenvalue weighted by Gasteiger charge is -2.08. The standard InChI is InChI=1S/C11H8BrClN2OS/c1-16-7-4-2-3-5-8(7)17-11-9(12)10(13)14-6-15-11/h2-6H,1H3. The molecule has 1 aromatic carbocycles. The number of benzene rings is 1. The Kier molecular flexibility index (Phi) is 4.25. The predicted octanol–water partition coefficient (Wildman–Crippen LogP) is 4.05. The van der Waals surface area contributed by atoms with Crippen LogP contribution in [0.2, 0.25) is 5.15 Å². The zero-order valence-electron chi connectivity index (χ0n) is 8.85. The Morgan fingerprint density at radius 3 is 2.82 bits per heavy atom. The van der Waals surface area contributed by atoms with E-state index in [2.05, 4.69) is 25.9 Å². The van der Waals surface area contributed by atoms with Crippen LogP contribution in [0.25, 0.3) is 0 Å². The molecule has 0 N–H and O–H groups in total. The molecule has 0 radical (unpaired) electrons. The lowest BCUT2D eigenvalue weighted by molar-refractivity contribution is 0.405. The van der Waals surface area contributed by atoms with Crippen molar-refractivity contribution in [1.29, 1.82) is 0 Å². The van der Waals surface area contributed by atoms with Crippen molar-refractivity contribution in [2.75, 3.05) is 7.11 Å². The Morgan fingerprint density at radius 2 is 2.06 bits per heavy atom. The van der Waals surface area contributed by atoms with Crippen molar-refractivity contribution in [2.45, 2.75) is 9.92 Å². The molecule has 17 heavy (non-hydrogen) atoms. The SMILES string of the molecule is COc1ccccc1Sc1ncnc(Cl)c1Br. The fraction of sp³-hybridized carbons (Fsp3) is 0.0909. The molecule has 0 amide bonds. The molecule has 0 unspecified atom stereocenters. The van der Waals surface area contributed by atoms with Gasteiger partial charge in [0.05, 0.1) is 16.5 Å². The predicted molar refractivity (Wildman–Crippen MR) is 71.9 cm³/mol. The minimum Gasteiger partial charge on any atom is -0.496 e. The number of halogens is 2. The molecule has 88 valence electrons. The Labute approximate surface area is 117 Å². The van der Waals surface area contributed by atoms with Crippen molar-refractivity contribution < 1.29 is 4.74 Å². The molecule has 0 fully saturated rings. The molecule has 2 aromatic rings. The molecule has 1 aromatic heterocycles. The molecule has 0 atom stereocenters. The lowest BCUT2D eigenvalue weighted by atomic mass is 10.3. The van der Waals surface area contributed by atoms with Gasteiger partial charge in [-0.1, -0.05) is 35.5 Å². The van der Waals surface area contributed by atoms with Gasteiger partial charge in [-0.2, -0.15) is 0 Å². The zero-order valence-corrected chi connectivity index (χ0v) is 12.0. The van der Waals surface area contributed by atoms with Crippen LogP contribution >= 0.6 is 39.3 Å². The highest BCUT2D eigenvalue weighted by molar-refractivity contribution is 9.10. The van der Waals surface area contributed by atoms with Gasteiger partial charge in [-0.3, -0.25) is 0 Å². The van der Waals surface area contributed by atoms with Gasteiger partial charge in [0.1, 0.15) is 22.3 Å². The second-order valence-electron chi connectivity index (χ2n) is 3.04. The van der Waals surface area contributed by atoms with Crippen LogP contribution < -0.4 is 4.74 Å². The van der Waals surface area contributed by atoms with Gasteiger partial charge in [0.2, 0.25) is 0 Å². The number of ether oxygens (including phenoxy) is 1. The maximum atomic E-state index is 5.91. The van der Waals surface area contributed by atoms with E-state index in [1.165, 1.54) is 18.1 Å². The highest BCUT2D eigenvalue weighted by Crippen LogP contribution is 2.38. The zero-order chi connectivity index (χ0) is 12.3. The molecule has 0 aliphatic heterocycles. The molecule has 0 saturated carbocycles. The first kappa shape index (κ1) is 12.7. The van der Waals surface area contributed by atoms with E-state index in [4.69, 9.17) is 16.3 Å². The van der Waals surface area contributed by atoms with Gasteiger partial charge in [-0.25, -0.2) is 9.97 Å². The smallest absolute Gasteiger partial charge is 0.147 e. The van der Waals surface area contributed by atoms with E-state index >= 15 is 0 Å². The van der Waals surface area contributed by atoms with E-state index in [9.17, 15) is 0 Å². The molecule has 0 aliphatic rings. The number of hydrogen-bond donors (Lipinski definition) is 0. The summed E-state index contributed by atoms with van der Waals surface area (Å²) in [5.41, 5.74) is 0. The van der Waals surface area contributed by atoms with Gasteiger partial charge < -0.3 is 4.74 Å². The number of methoxy groups -OCH3 is 1. The first-order valence-corrected chi connectivity index (χ1v) is 6.68. The summed E-state index contributed by atoms with van der Waals surface area (Å²) < 4.78 is 5.97. The summed E-state index contributed by atoms with van der Waals surface area (Å²) in [5.74, 6) is 0.805. The molecule has 3 nitrogen and oxygen atoms in total. The van der Waals surface area contributed by atoms with Crippen LogP contribution in [0.4, 0.5) is 0 Å².